The second kappa shape index (κ2) is 11.1. The molecule has 1 fully saturated rings. The molecule has 0 saturated carbocycles. The van der Waals surface area contributed by atoms with Gasteiger partial charge in [-0.3, -0.25) is 9.59 Å². The molecule has 36 heavy (non-hydrogen) atoms. The van der Waals surface area contributed by atoms with E-state index in [9.17, 15) is 9.59 Å². The van der Waals surface area contributed by atoms with Gasteiger partial charge < -0.3 is 15.0 Å². The number of ether oxygens (including phenoxy) is 1. The summed E-state index contributed by atoms with van der Waals surface area (Å²) in [5, 5.41) is 5.87. The molecule has 2 aromatic carbocycles. The van der Waals surface area contributed by atoms with Crippen LogP contribution in [0.4, 0.5) is 5.69 Å². The standard InChI is InChI=1S/C29H31N3O3S/c1-20-8-10-21(11-9-20)24-6-2-3-7-25(24)30-28(34)26-19-36-29(31-26)22-14-16-32(17-15-22)27(33)13-12-23-5-4-18-35-23/h2-4,6-11,18-19,22-23H,5,12-17H2,1H3,(H,30,34). The van der Waals surface area contributed by atoms with E-state index in [2.05, 4.69) is 41.5 Å². The van der Waals surface area contributed by atoms with Crippen molar-refractivity contribution in [1.29, 1.82) is 0 Å². The Hall–Kier alpha value is -3.45. The van der Waals surface area contributed by atoms with Crippen LogP contribution in [-0.4, -0.2) is 40.9 Å². The molecule has 0 radical (unpaired) electrons. The van der Waals surface area contributed by atoms with E-state index in [1.54, 1.807) is 6.26 Å². The molecule has 3 aromatic rings. The first-order chi connectivity index (χ1) is 17.6. The molecule has 0 bridgehead atoms. The van der Waals surface area contributed by atoms with Gasteiger partial charge in [-0.15, -0.1) is 11.3 Å². The lowest BCUT2D eigenvalue weighted by atomic mass is 9.97. The summed E-state index contributed by atoms with van der Waals surface area (Å²) in [5.41, 5.74) is 4.45. The minimum absolute atomic E-state index is 0.148. The van der Waals surface area contributed by atoms with Crippen molar-refractivity contribution in [3.05, 3.63) is 82.5 Å². The van der Waals surface area contributed by atoms with E-state index in [1.807, 2.05) is 40.6 Å². The predicted octanol–water partition coefficient (Wildman–Crippen LogP) is 6.16. The molecule has 7 heteroatoms. The van der Waals surface area contributed by atoms with Crippen molar-refractivity contribution in [1.82, 2.24) is 9.88 Å². The van der Waals surface area contributed by atoms with Gasteiger partial charge >= 0.3 is 0 Å². The summed E-state index contributed by atoms with van der Waals surface area (Å²) < 4.78 is 5.47. The van der Waals surface area contributed by atoms with E-state index >= 15 is 0 Å². The van der Waals surface area contributed by atoms with Gasteiger partial charge in [-0.2, -0.15) is 0 Å². The lowest BCUT2D eigenvalue weighted by Gasteiger charge is -2.31. The number of rotatable bonds is 7. The number of amides is 2. The second-order valence-corrected chi connectivity index (χ2v) is 10.4. The number of hydrogen-bond acceptors (Lipinski definition) is 5. The summed E-state index contributed by atoms with van der Waals surface area (Å²) in [6, 6.07) is 16.1. The van der Waals surface area contributed by atoms with E-state index in [-0.39, 0.29) is 23.8 Å². The van der Waals surface area contributed by atoms with E-state index in [0.717, 1.165) is 60.6 Å². The Morgan fingerprint density at radius 3 is 2.64 bits per heavy atom. The van der Waals surface area contributed by atoms with Crippen molar-refractivity contribution in [2.75, 3.05) is 18.4 Å². The summed E-state index contributed by atoms with van der Waals surface area (Å²) in [6.45, 7) is 3.53. The zero-order valence-electron chi connectivity index (χ0n) is 20.5. The molecule has 0 spiro atoms. The molecule has 1 aromatic heterocycles. The topological polar surface area (TPSA) is 71.5 Å². The highest BCUT2D eigenvalue weighted by molar-refractivity contribution is 7.10. The molecular weight excluding hydrogens is 470 g/mol. The Balaban J connectivity index is 1.16. The van der Waals surface area contributed by atoms with Crippen LogP contribution in [0.5, 0.6) is 0 Å². The first-order valence-corrected chi connectivity index (χ1v) is 13.5. The molecule has 5 rings (SSSR count). The maximum Gasteiger partial charge on any atom is 0.275 e. The minimum atomic E-state index is -0.201. The number of carbonyl (C=O) groups is 2. The lowest BCUT2D eigenvalue weighted by Crippen LogP contribution is -2.38. The fourth-order valence-corrected chi connectivity index (χ4v) is 5.75. The normalized spacial score (nSPS) is 17.7. The third kappa shape index (κ3) is 5.68. The number of thiazole rings is 1. The van der Waals surface area contributed by atoms with Crippen LogP contribution in [0.15, 0.2) is 66.2 Å². The quantitative estimate of drug-likeness (QED) is 0.421. The third-order valence-electron chi connectivity index (χ3n) is 6.94. The number of aryl methyl sites for hydroxylation is 1. The molecule has 2 aliphatic heterocycles. The van der Waals surface area contributed by atoms with Crippen LogP contribution in [0.1, 0.15) is 59.1 Å². The van der Waals surface area contributed by atoms with Gasteiger partial charge in [0.2, 0.25) is 5.91 Å². The number of benzene rings is 2. The van der Waals surface area contributed by atoms with Crippen LogP contribution < -0.4 is 5.32 Å². The molecule has 2 aliphatic rings. The average molecular weight is 502 g/mol. The van der Waals surface area contributed by atoms with E-state index in [4.69, 9.17) is 4.74 Å². The van der Waals surface area contributed by atoms with Gasteiger partial charge in [0.1, 0.15) is 11.8 Å². The van der Waals surface area contributed by atoms with E-state index in [1.165, 1.54) is 16.9 Å². The molecule has 2 amide bonds. The number of para-hydroxylation sites is 1. The number of aromatic nitrogens is 1. The Labute approximate surface area is 216 Å². The summed E-state index contributed by atoms with van der Waals surface area (Å²) in [5.74, 6) is 0.284. The third-order valence-corrected chi connectivity index (χ3v) is 7.94. The molecule has 0 aliphatic carbocycles. The molecule has 1 atom stereocenters. The number of anilines is 1. The molecule has 1 N–H and O–H groups in total. The van der Waals surface area contributed by atoms with Gasteiger partial charge in [-0.25, -0.2) is 4.98 Å². The van der Waals surface area contributed by atoms with Crippen LogP contribution in [0.2, 0.25) is 0 Å². The molecule has 6 nitrogen and oxygen atoms in total. The van der Waals surface area contributed by atoms with Crippen molar-refractivity contribution < 1.29 is 14.3 Å². The lowest BCUT2D eigenvalue weighted by molar-refractivity contribution is -0.132. The van der Waals surface area contributed by atoms with Crippen LogP contribution in [0.25, 0.3) is 11.1 Å². The largest absolute Gasteiger partial charge is 0.498 e. The highest BCUT2D eigenvalue weighted by Gasteiger charge is 2.27. The minimum Gasteiger partial charge on any atom is -0.498 e. The number of nitrogens with one attached hydrogen (secondary N) is 1. The number of hydrogen-bond donors (Lipinski definition) is 1. The van der Waals surface area contributed by atoms with Crippen LogP contribution in [-0.2, 0) is 9.53 Å². The smallest absolute Gasteiger partial charge is 0.275 e. The molecule has 3 heterocycles. The van der Waals surface area contributed by atoms with Gasteiger partial charge in [0, 0.05) is 48.5 Å². The maximum atomic E-state index is 13.0. The molecule has 186 valence electrons. The number of nitrogens with zero attached hydrogens (tertiary/aromatic N) is 2. The Morgan fingerprint density at radius 2 is 1.89 bits per heavy atom. The van der Waals surface area contributed by atoms with Gasteiger partial charge in [-0.1, -0.05) is 48.0 Å². The highest BCUT2D eigenvalue weighted by Crippen LogP contribution is 2.32. The van der Waals surface area contributed by atoms with Crippen LogP contribution in [0.3, 0.4) is 0 Å². The van der Waals surface area contributed by atoms with Gasteiger partial charge in [0.15, 0.2) is 0 Å². The van der Waals surface area contributed by atoms with Crippen molar-refractivity contribution in [3.8, 4) is 11.1 Å². The van der Waals surface area contributed by atoms with Crippen LogP contribution >= 0.6 is 11.3 Å². The molecule has 1 unspecified atom stereocenters. The highest BCUT2D eigenvalue weighted by atomic mass is 32.1. The Bertz CT molecular complexity index is 1230. The fraction of sp³-hybridized carbons (Fsp3) is 0.345. The van der Waals surface area contributed by atoms with E-state index < -0.39 is 0 Å². The second-order valence-electron chi connectivity index (χ2n) is 9.50. The fourth-order valence-electron chi connectivity index (χ4n) is 4.78. The maximum absolute atomic E-state index is 13.0. The number of carbonyl (C=O) groups excluding carboxylic acids is 2. The summed E-state index contributed by atoms with van der Waals surface area (Å²) >= 11 is 1.53. The number of piperidine rings is 1. The summed E-state index contributed by atoms with van der Waals surface area (Å²) in [4.78, 5) is 32.3. The Morgan fingerprint density at radius 1 is 1.11 bits per heavy atom. The number of likely N-dealkylation sites (tertiary alicyclic amines) is 1. The Kier molecular flexibility index (Phi) is 7.47. The monoisotopic (exact) mass is 501 g/mol. The van der Waals surface area contributed by atoms with Crippen molar-refractivity contribution in [3.63, 3.8) is 0 Å². The predicted molar refractivity (Wildman–Crippen MR) is 143 cm³/mol. The molecule has 1 saturated heterocycles. The first-order valence-electron chi connectivity index (χ1n) is 12.6. The van der Waals surface area contributed by atoms with E-state index in [0.29, 0.717) is 12.1 Å². The van der Waals surface area contributed by atoms with Gasteiger partial charge in [-0.05, 0) is 43.9 Å². The van der Waals surface area contributed by atoms with Crippen molar-refractivity contribution >= 4 is 28.8 Å². The van der Waals surface area contributed by atoms with Crippen molar-refractivity contribution in [2.45, 2.75) is 51.0 Å². The average Bonchev–Trinajstić information content (AvgIpc) is 3.61. The molecular formula is C29H31N3O3S. The van der Waals surface area contributed by atoms with Gasteiger partial charge in [0.05, 0.1) is 11.3 Å². The summed E-state index contributed by atoms with van der Waals surface area (Å²) in [6.07, 6.45) is 7.82. The van der Waals surface area contributed by atoms with Crippen LogP contribution in [0, 0.1) is 6.92 Å². The van der Waals surface area contributed by atoms with Crippen molar-refractivity contribution in [2.24, 2.45) is 0 Å². The van der Waals surface area contributed by atoms with Gasteiger partial charge in [0.25, 0.3) is 5.91 Å². The first kappa shape index (κ1) is 24.3. The zero-order valence-corrected chi connectivity index (χ0v) is 21.3. The SMILES string of the molecule is Cc1ccc(-c2ccccc2NC(=O)c2csc(C3CCN(C(=O)CCC4CC=CO4)CC3)n2)cc1. The zero-order chi connectivity index (χ0) is 24.9. The summed E-state index contributed by atoms with van der Waals surface area (Å²) in [7, 11) is 0.